The molecule has 0 saturated carbocycles. The van der Waals surface area contributed by atoms with Crippen LogP contribution < -0.4 is 14.4 Å². The molecule has 1 aromatic carbocycles. The molecule has 1 amide bonds. The largest absolute Gasteiger partial charge is 0.477 e. The second kappa shape index (κ2) is 10.3. The Morgan fingerprint density at radius 3 is 2.58 bits per heavy atom. The Kier molecular flexibility index (Phi) is 7.31. The number of sulfonamides is 1. The van der Waals surface area contributed by atoms with Crippen molar-refractivity contribution in [2.75, 3.05) is 18.1 Å². The Bertz CT molecular complexity index is 1340. The number of amides is 1. The average Bonchev–Trinajstić information content (AvgIpc) is 3.12. The Morgan fingerprint density at radius 1 is 1.14 bits per heavy atom. The lowest BCUT2D eigenvalue weighted by Gasteiger charge is -2.33. The van der Waals surface area contributed by atoms with E-state index in [2.05, 4.69) is 40.4 Å². The molecule has 0 radical (unpaired) electrons. The molecule has 1 N–H and O–H groups in total. The molecule has 2 aromatic heterocycles. The molecule has 0 bridgehead atoms. The van der Waals surface area contributed by atoms with E-state index in [4.69, 9.17) is 4.74 Å². The quantitative estimate of drug-likeness (QED) is 0.488. The highest BCUT2D eigenvalue weighted by molar-refractivity contribution is 7.90. The van der Waals surface area contributed by atoms with Gasteiger partial charge in [0.1, 0.15) is 5.82 Å². The number of benzene rings is 1. The van der Waals surface area contributed by atoms with E-state index in [0.29, 0.717) is 24.8 Å². The van der Waals surface area contributed by atoms with E-state index in [0.717, 1.165) is 18.5 Å². The predicted octanol–water partition coefficient (Wildman–Crippen LogP) is 4.15. The molecule has 1 fully saturated rings. The summed E-state index contributed by atoms with van der Waals surface area (Å²) in [7, 11) is -4.23. The number of hydrogen-bond acceptors (Lipinski definition) is 7. The number of carbonyl (C=O) groups excluding carboxylic acids is 1. The Balaban J connectivity index is 1.47. The number of nitrogens with zero attached hydrogens (tertiary/aromatic N) is 3. The summed E-state index contributed by atoms with van der Waals surface area (Å²) in [5.41, 5.74) is 2.29. The first kappa shape index (κ1) is 25.6. The van der Waals surface area contributed by atoms with Gasteiger partial charge >= 0.3 is 0 Å². The van der Waals surface area contributed by atoms with Gasteiger partial charge in [0.2, 0.25) is 5.88 Å². The van der Waals surface area contributed by atoms with Crippen LogP contribution in [0.1, 0.15) is 48.7 Å². The number of aryl methyl sites for hydroxylation is 1. The van der Waals surface area contributed by atoms with Gasteiger partial charge in [0.15, 0.2) is 5.03 Å². The Morgan fingerprint density at radius 2 is 1.89 bits per heavy atom. The van der Waals surface area contributed by atoms with Crippen LogP contribution >= 0.6 is 0 Å². The van der Waals surface area contributed by atoms with E-state index >= 15 is 0 Å². The van der Waals surface area contributed by atoms with Crippen LogP contribution in [0.15, 0.2) is 65.8 Å². The molecule has 1 aliphatic rings. The van der Waals surface area contributed by atoms with E-state index in [1.54, 1.807) is 24.4 Å². The summed E-state index contributed by atoms with van der Waals surface area (Å²) in [5, 5.41) is -0.288. The number of ether oxygens (including phenoxy) is 1. The molecule has 4 rings (SSSR count). The van der Waals surface area contributed by atoms with Gasteiger partial charge in [0.05, 0.1) is 12.2 Å². The molecule has 3 heterocycles. The maximum Gasteiger partial charge on any atom is 0.281 e. The van der Waals surface area contributed by atoms with Gasteiger partial charge in [-0.1, -0.05) is 42.8 Å². The van der Waals surface area contributed by atoms with Crippen molar-refractivity contribution in [2.24, 2.45) is 5.92 Å². The van der Waals surface area contributed by atoms with Crippen molar-refractivity contribution in [3.05, 3.63) is 77.5 Å². The van der Waals surface area contributed by atoms with Crippen molar-refractivity contribution in [2.45, 2.75) is 51.1 Å². The molecule has 36 heavy (non-hydrogen) atoms. The summed E-state index contributed by atoms with van der Waals surface area (Å²) in [6.07, 6.45) is 3.22. The van der Waals surface area contributed by atoms with E-state index in [-0.39, 0.29) is 22.0 Å². The summed E-state index contributed by atoms with van der Waals surface area (Å²) in [4.78, 5) is 23.7. The standard InChI is InChI=1S/C27H32N4O4S/c1-19-10-12-21(13-11-19)14-16-35-23-8-5-9-24(29-23)36(33,34)30-26(32)22-7-6-15-28-25(22)31-18-20(2)17-27(31,3)4/h5-13,15,20H,14,16-18H2,1-4H3,(H,30,32). The van der Waals surface area contributed by atoms with Crippen LogP contribution in [0.25, 0.3) is 0 Å². The van der Waals surface area contributed by atoms with Gasteiger partial charge in [0, 0.05) is 30.8 Å². The normalized spacial score (nSPS) is 17.1. The monoisotopic (exact) mass is 508 g/mol. The number of rotatable bonds is 8. The van der Waals surface area contributed by atoms with E-state index in [9.17, 15) is 13.2 Å². The highest BCUT2D eigenvalue weighted by Gasteiger charge is 2.39. The molecule has 8 nitrogen and oxygen atoms in total. The molecule has 1 aliphatic heterocycles. The second-order valence-corrected chi connectivity index (χ2v) is 11.6. The zero-order valence-electron chi connectivity index (χ0n) is 21.1. The Labute approximate surface area is 212 Å². The Hall–Kier alpha value is -3.46. The van der Waals surface area contributed by atoms with Crippen LogP contribution in [-0.4, -0.2) is 43.0 Å². The molecule has 3 aromatic rings. The SMILES string of the molecule is Cc1ccc(CCOc2cccc(S(=O)(=O)NC(=O)c3cccnc3N3CC(C)CC3(C)C)n2)cc1. The molecule has 1 saturated heterocycles. The van der Waals surface area contributed by atoms with Crippen LogP contribution in [-0.2, 0) is 16.4 Å². The van der Waals surface area contributed by atoms with Gasteiger partial charge in [-0.25, -0.2) is 9.71 Å². The molecule has 9 heteroatoms. The van der Waals surface area contributed by atoms with Crippen molar-refractivity contribution >= 4 is 21.7 Å². The van der Waals surface area contributed by atoms with Crippen molar-refractivity contribution in [1.29, 1.82) is 0 Å². The highest BCUT2D eigenvalue weighted by atomic mass is 32.2. The first-order valence-corrected chi connectivity index (χ1v) is 13.5. The first-order valence-electron chi connectivity index (χ1n) is 12.0. The lowest BCUT2D eigenvalue weighted by Crippen LogP contribution is -2.41. The summed E-state index contributed by atoms with van der Waals surface area (Å²) in [6.45, 7) is 9.44. The van der Waals surface area contributed by atoms with Crippen LogP contribution in [0.3, 0.4) is 0 Å². The summed E-state index contributed by atoms with van der Waals surface area (Å²) >= 11 is 0. The third kappa shape index (κ3) is 5.84. The number of aromatic nitrogens is 2. The van der Waals surface area contributed by atoms with Gasteiger partial charge in [-0.3, -0.25) is 4.79 Å². The van der Waals surface area contributed by atoms with Crippen LogP contribution in [0.5, 0.6) is 5.88 Å². The fourth-order valence-electron chi connectivity index (χ4n) is 4.63. The van der Waals surface area contributed by atoms with Gasteiger partial charge in [-0.15, -0.1) is 0 Å². The second-order valence-electron chi connectivity index (χ2n) is 9.94. The number of anilines is 1. The molecule has 1 atom stereocenters. The number of nitrogens with one attached hydrogen (secondary N) is 1. The van der Waals surface area contributed by atoms with Crippen LogP contribution in [0.2, 0.25) is 0 Å². The van der Waals surface area contributed by atoms with E-state index in [1.807, 2.05) is 31.2 Å². The zero-order valence-corrected chi connectivity index (χ0v) is 21.9. The van der Waals surface area contributed by atoms with Crippen molar-refractivity contribution in [3.63, 3.8) is 0 Å². The topological polar surface area (TPSA) is 101 Å². The molecule has 0 spiro atoms. The third-order valence-electron chi connectivity index (χ3n) is 6.32. The fraction of sp³-hybridized carbons (Fsp3) is 0.370. The van der Waals surface area contributed by atoms with Crippen molar-refractivity contribution < 1.29 is 17.9 Å². The molecule has 0 aliphatic carbocycles. The summed E-state index contributed by atoms with van der Waals surface area (Å²) in [6, 6.07) is 15.8. The van der Waals surface area contributed by atoms with Crippen molar-refractivity contribution in [3.8, 4) is 5.88 Å². The predicted molar refractivity (Wildman–Crippen MR) is 139 cm³/mol. The van der Waals surface area contributed by atoms with E-state index in [1.165, 1.54) is 17.7 Å². The fourth-order valence-corrected chi connectivity index (χ4v) is 5.56. The molecular weight excluding hydrogens is 476 g/mol. The van der Waals surface area contributed by atoms with Gasteiger partial charge < -0.3 is 9.64 Å². The van der Waals surface area contributed by atoms with Crippen LogP contribution in [0, 0.1) is 12.8 Å². The zero-order chi connectivity index (χ0) is 25.9. The molecule has 1 unspecified atom stereocenters. The smallest absolute Gasteiger partial charge is 0.281 e. The van der Waals surface area contributed by atoms with Gasteiger partial charge in [-0.05, 0) is 56.9 Å². The van der Waals surface area contributed by atoms with E-state index < -0.39 is 15.9 Å². The van der Waals surface area contributed by atoms with Crippen molar-refractivity contribution in [1.82, 2.24) is 14.7 Å². The maximum atomic E-state index is 13.1. The van der Waals surface area contributed by atoms with Crippen LogP contribution in [0.4, 0.5) is 5.82 Å². The summed E-state index contributed by atoms with van der Waals surface area (Å²) < 4.78 is 33.9. The number of hydrogen-bond donors (Lipinski definition) is 1. The molecule has 190 valence electrons. The minimum absolute atomic E-state index is 0.173. The number of pyridine rings is 2. The summed E-state index contributed by atoms with van der Waals surface area (Å²) in [5.74, 6) is 0.327. The lowest BCUT2D eigenvalue weighted by atomic mass is 9.97. The minimum Gasteiger partial charge on any atom is -0.477 e. The average molecular weight is 509 g/mol. The number of carbonyl (C=O) groups is 1. The third-order valence-corrected chi connectivity index (χ3v) is 7.55. The maximum absolute atomic E-state index is 13.1. The van der Waals surface area contributed by atoms with Gasteiger partial charge in [0.25, 0.3) is 15.9 Å². The molecular formula is C27H32N4O4S. The highest BCUT2D eigenvalue weighted by Crippen LogP contribution is 2.37. The lowest BCUT2D eigenvalue weighted by molar-refractivity contribution is 0.0981. The minimum atomic E-state index is -4.23. The first-order chi connectivity index (χ1) is 17.0. The van der Waals surface area contributed by atoms with Gasteiger partial charge in [-0.2, -0.15) is 13.4 Å².